The number of nitrogens with zero attached hydrogens (tertiary/aromatic N) is 3. The number of hydrogen-bond donors (Lipinski definition) is 0. The van der Waals surface area contributed by atoms with E-state index in [2.05, 4.69) is 10.1 Å². The first-order chi connectivity index (χ1) is 15.6. The number of carbonyl (C=O) groups excluding carboxylic acids is 1. The molecule has 1 aliphatic rings. The van der Waals surface area contributed by atoms with E-state index in [1.54, 1.807) is 6.20 Å². The van der Waals surface area contributed by atoms with Gasteiger partial charge in [0.25, 0.3) is 0 Å². The van der Waals surface area contributed by atoms with Crippen LogP contribution in [0.2, 0.25) is 0 Å². The van der Waals surface area contributed by atoms with Crippen molar-refractivity contribution in [3.05, 3.63) is 65.2 Å². The Kier molecular flexibility index (Phi) is 7.04. The molecule has 168 valence electrons. The van der Waals surface area contributed by atoms with E-state index < -0.39 is 0 Å². The van der Waals surface area contributed by atoms with Gasteiger partial charge < -0.3 is 18.9 Å². The SMILES string of the molecule is Cc1noc(C)c1CC(=O)N1CCCCCCOc2ccccc2Oc2ncccc2C1. The first-order valence-electron chi connectivity index (χ1n) is 11.1. The molecule has 7 nitrogen and oxygen atoms in total. The fourth-order valence-electron chi connectivity index (χ4n) is 3.85. The standard InChI is InChI=1S/C25H29N3O4/c1-18-21(19(2)32-27-18)16-24(29)28-14-7-3-4-8-15-30-22-11-5-6-12-23(22)31-25-20(17-28)10-9-13-26-25/h5-6,9-13H,3-4,7-8,14-17H2,1-2H3. The van der Waals surface area contributed by atoms with Gasteiger partial charge >= 0.3 is 0 Å². The molecule has 0 radical (unpaired) electrons. The number of benzene rings is 1. The van der Waals surface area contributed by atoms with Crippen LogP contribution in [0.25, 0.3) is 0 Å². The third-order valence-corrected chi connectivity index (χ3v) is 5.71. The van der Waals surface area contributed by atoms with E-state index in [4.69, 9.17) is 14.0 Å². The highest BCUT2D eigenvalue weighted by molar-refractivity contribution is 5.79. The summed E-state index contributed by atoms with van der Waals surface area (Å²) in [6, 6.07) is 11.4. The average molecular weight is 436 g/mol. The second-order valence-electron chi connectivity index (χ2n) is 8.07. The van der Waals surface area contributed by atoms with Crippen LogP contribution in [-0.2, 0) is 17.8 Å². The number of hydrogen-bond acceptors (Lipinski definition) is 6. The molecule has 3 heterocycles. The van der Waals surface area contributed by atoms with Gasteiger partial charge in [-0.15, -0.1) is 0 Å². The van der Waals surface area contributed by atoms with E-state index in [0.717, 1.165) is 42.5 Å². The van der Waals surface area contributed by atoms with Gasteiger partial charge in [-0.25, -0.2) is 4.98 Å². The van der Waals surface area contributed by atoms with Crippen LogP contribution >= 0.6 is 0 Å². The van der Waals surface area contributed by atoms with E-state index in [0.29, 0.717) is 42.8 Å². The largest absolute Gasteiger partial charge is 0.490 e. The molecule has 7 heteroatoms. The van der Waals surface area contributed by atoms with E-state index in [-0.39, 0.29) is 12.3 Å². The Labute approximate surface area is 188 Å². The Hall–Kier alpha value is -3.35. The molecule has 1 amide bonds. The van der Waals surface area contributed by atoms with Crippen LogP contribution in [0.4, 0.5) is 0 Å². The second kappa shape index (κ2) is 10.3. The predicted octanol–water partition coefficient (Wildman–Crippen LogP) is 5.00. The Morgan fingerprint density at radius 2 is 1.84 bits per heavy atom. The molecule has 0 bridgehead atoms. The summed E-state index contributed by atoms with van der Waals surface area (Å²) >= 11 is 0. The molecule has 0 saturated carbocycles. The molecule has 1 aliphatic heterocycles. The van der Waals surface area contributed by atoms with Crippen LogP contribution in [0.1, 0.15) is 48.3 Å². The second-order valence-corrected chi connectivity index (χ2v) is 8.07. The fraction of sp³-hybridized carbons (Fsp3) is 0.400. The number of rotatable bonds is 2. The zero-order chi connectivity index (χ0) is 22.3. The molecular formula is C25H29N3O4. The molecule has 32 heavy (non-hydrogen) atoms. The van der Waals surface area contributed by atoms with E-state index in [1.807, 2.05) is 55.1 Å². The number of pyridine rings is 1. The molecular weight excluding hydrogens is 406 g/mol. The third kappa shape index (κ3) is 5.28. The molecule has 0 aliphatic carbocycles. The van der Waals surface area contributed by atoms with Crippen molar-refractivity contribution in [2.45, 2.75) is 52.5 Å². The van der Waals surface area contributed by atoms with E-state index in [1.165, 1.54) is 0 Å². The topological polar surface area (TPSA) is 77.7 Å². The van der Waals surface area contributed by atoms with Crippen molar-refractivity contribution >= 4 is 5.91 Å². The normalized spacial score (nSPS) is 15.0. The van der Waals surface area contributed by atoms with Crippen molar-refractivity contribution in [3.63, 3.8) is 0 Å². The molecule has 0 N–H and O–H groups in total. The zero-order valence-corrected chi connectivity index (χ0v) is 18.7. The predicted molar refractivity (Wildman–Crippen MR) is 120 cm³/mol. The lowest BCUT2D eigenvalue weighted by atomic mass is 10.1. The number of carbonyl (C=O) groups is 1. The van der Waals surface area contributed by atoms with Gasteiger partial charge in [0.05, 0.1) is 25.3 Å². The highest BCUT2D eigenvalue weighted by atomic mass is 16.5. The molecule has 3 aromatic rings. The minimum atomic E-state index is 0.0463. The van der Waals surface area contributed by atoms with Gasteiger partial charge in [0.1, 0.15) is 5.76 Å². The van der Waals surface area contributed by atoms with Gasteiger partial charge in [-0.05, 0) is 44.9 Å². The van der Waals surface area contributed by atoms with Crippen LogP contribution in [0, 0.1) is 13.8 Å². The minimum absolute atomic E-state index is 0.0463. The summed E-state index contributed by atoms with van der Waals surface area (Å²) in [4.78, 5) is 19.6. The highest BCUT2D eigenvalue weighted by Crippen LogP contribution is 2.32. The minimum Gasteiger partial charge on any atom is -0.490 e. The molecule has 0 atom stereocenters. The summed E-state index contributed by atoms with van der Waals surface area (Å²) in [5.41, 5.74) is 2.48. The van der Waals surface area contributed by atoms with Crippen LogP contribution in [0.15, 0.2) is 47.1 Å². The number of para-hydroxylation sites is 2. The number of amides is 1. The number of fused-ring (bicyclic) bond motifs is 2. The summed E-state index contributed by atoms with van der Waals surface area (Å²) < 4.78 is 17.4. The van der Waals surface area contributed by atoms with Crippen molar-refractivity contribution in [2.24, 2.45) is 0 Å². The first-order valence-corrected chi connectivity index (χ1v) is 11.1. The first kappa shape index (κ1) is 21.9. The maximum atomic E-state index is 13.3. The lowest BCUT2D eigenvalue weighted by Gasteiger charge is -2.24. The maximum Gasteiger partial charge on any atom is 0.227 e. The van der Waals surface area contributed by atoms with Crippen molar-refractivity contribution in [1.82, 2.24) is 15.0 Å². The summed E-state index contributed by atoms with van der Waals surface area (Å²) in [5.74, 6) is 2.55. The molecule has 0 fully saturated rings. The summed E-state index contributed by atoms with van der Waals surface area (Å²) in [5, 5.41) is 3.99. The van der Waals surface area contributed by atoms with Crippen molar-refractivity contribution < 1.29 is 18.8 Å². The maximum absolute atomic E-state index is 13.3. The monoisotopic (exact) mass is 435 g/mol. The summed E-state index contributed by atoms with van der Waals surface area (Å²) in [6.07, 6.45) is 5.94. The number of ether oxygens (including phenoxy) is 2. The van der Waals surface area contributed by atoms with Crippen LogP contribution in [-0.4, -0.2) is 34.1 Å². The van der Waals surface area contributed by atoms with Crippen LogP contribution < -0.4 is 9.47 Å². The number of aromatic nitrogens is 2. The van der Waals surface area contributed by atoms with E-state index in [9.17, 15) is 4.79 Å². The van der Waals surface area contributed by atoms with Crippen LogP contribution in [0.5, 0.6) is 17.4 Å². The van der Waals surface area contributed by atoms with Gasteiger partial charge in [0, 0.05) is 23.9 Å². The Bertz CT molecular complexity index is 1040. The van der Waals surface area contributed by atoms with Gasteiger partial charge in [0.2, 0.25) is 11.8 Å². The lowest BCUT2D eigenvalue weighted by Crippen LogP contribution is -2.33. The van der Waals surface area contributed by atoms with Crippen LogP contribution in [0.3, 0.4) is 0 Å². The average Bonchev–Trinajstić information content (AvgIpc) is 3.11. The molecule has 4 rings (SSSR count). The smallest absolute Gasteiger partial charge is 0.227 e. The van der Waals surface area contributed by atoms with Crippen molar-refractivity contribution in [2.75, 3.05) is 13.2 Å². The third-order valence-electron chi connectivity index (χ3n) is 5.71. The summed E-state index contributed by atoms with van der Waals surface area (Å²) in [6.45, 7) is 5.44. The van der Waals surface area contributed by atoms with Gasteiger partial charge in [-0.3, -0.25) is 4.79 Å². The van der Waals surface area contributed by atoms with Crippen molar-refractivity contribution in [1.29, 1.82) is 0 Å². The molecule has 0 saturated heterocycles. The summed E-state index contributed by atoms with van der Waals surface area (Å²) in [7, 11) is 0. The highest BCUT2D eigenvalue weighted by Gasteiger charge is 2.21. The Morgan fingerprint density at radius 1 is 1.03 bits per heavy atom. The molecule has 2 aromatic heterocycles. The Balaban J connectivity index is 1.61. The quantitative estimate of drug-likeness (QED) is 0.564. The zero-order valence-electron chi connectivity index (χ0n) is 18.7. The molecule has 0 unspecified atom stereocenters. The fourth-order valence-corrected chi connectivity index (χ4v) is 3.85. The van der Waals surface area contributed by atoms with Gasteiger partial charge in [-0.1, -0.05) is 36.2 Å². The lowest BCUT2D eigenvalue weighted by molar-refractivity contribution is -0.131. The van der Waals surface area contributed by atoms with E-state index >= 15 is 0 Å². The molecule has 1 aromatic carbocycles. The van der Waals surface area contributed by atoms with Gasteiger partial charge in [-0.2, -0.15) is 0 Å². The van der Waals surface area contributed by atoms with Crippen molar-refractivity contribution in [3.8, 4) is 17.4 Å². The Morgan fingerprint density at radius 3 is 2.66 bits per heavy atom. The van der Waals surface area contributed by atoms with Gasteiger partial charge in [0.15, 0.2) is 11.5 Å². The number of aryl methyl sites for hydroxylation is 2. The molecule has 0 spiro atoms.